The number of hydrogen-bond acceptors (Lipinski definition) is 4. The van der Waals surface area contributed by atoms with Gasteiger partial charge in [-0.15, -0.1) is 0 Å². The van der Waals surface area contributed by atoms with E-state index >= 15 is 0 Å². The van der Waals surface area contributed by atoms with Gasteiger partial charge in [0.05, 0.1) is 6.42 Å². The van der Waals surface area contributed by atoms with Crippen molar-refractivity contribution in [2.75, 3.05) is 13.2 Å². The van der Waals surface area contributed by atoms with E-state index in [0.29, 0.717) is 13.2 Å². The maximum atomic E-state index is 11.6. The van der Waals surface area contributed by atoms with Crippen LogP contribution >= 0.6 is 0 Å². The second kappa shape index (κ2) is 6.73. The Bertz CT molecular complexity index is 290. The van der Waals surface area contributed by atoms with E-state index in [4.69, 9.17) is 9.47 Å². The van der Waals surface area contributed by atoms with Crippen molar-refractivity contribution in [3.63, 3.8) is 0 Å². The van der Waals surface area contributed by atoms with E-state index in [1.165, 1.54) is 0 Å². The normalized spacial score (nSPS) is 17.3. The molecular formula is C13H23NO4. The first-order valence-corrected chi connectivity index (χ1v) is 6.46. The molecule has 1 amide bonds. The van der Waals surface area contributed by atoms with Crippen LogP contribution in [0.25, 0.3) is 0 Å². The molecule has 0 aromatic carbocycles. The largest absolute Gasteiger partial charge is 0.460 e. The number of carbonyl (C=O) groups excluding carboxylic acids is 2. The van der Waals surface area contributed by atoms with E-state index in [0.717, 1.165) is 12.8 Å². The Morgan fingerprint density at radius 2 is 1.83 bits per heavy atom. The lowest BCUT2D eigenvalue weighted by Crippen LogP contribution is -2.39. The van der Waals surface area contributed by atoms with Gasteiger partial charge in [-0.25, -0.2) is 0 Å². The van der Waals surface area contributed by atoms with E-state index in [1.807, 2.05) is 20.8 Å². The van der Waals surface area contributed by atoms with Gasteiger partial charge in [-0.1, -0.05) is 0 Å². The minimum Gasteiger partial charge on any atom is -0.460 e. The third kappa shape index (κ3) is 6.59. The minimum absolute atomic E-state index is 0.0900. The van der Waals surface area contributed by atoms with Gasteiger partial charge in [0.2, 0.25) is 5.91 Å². The van der Waals surface area contributed by atoms with Crippen molar-refractivity contribution in [2.45, 2.75) is 58.1 Å². The van der Waals surface area contributed by atoms with E-state index in [-0.39, 0.29) is 30.8 Å². The molecule has 1 N–H and O–H groups in total. The summed E-state index contributed by atoms with van der Waals surface area (Å²) in [7, 11) is 0. The standard InChI is InChI=1S/C13H23NO4/c1-13(2,3)18-12(16)5-4-11(15)14-10-6-8-17-9-7-10/h10H,4-9H2,1-3H3,(H,14,15). The van der Waals surface area contributed by atoms with Crippen molar-refractivity contribution in [1.29, 1.82) is 0 Å². The molecule has 1 aliphatic heterocycles. The third-order valence-electron chi connectivity index (χ3n) is 2.56. The van der Waals surface area contributed by atoms with Gasteiger partial charge in [0.25, 0.3) is 0 Å². The summed E-state index contributed by atoms with van der Waals surface area (Å²) in [6, 6.07) is 0.185. The molecule has 0 bridgehead atoms. The molecule has 1 fully saturated rings. The van der Waals surface area contributed by atoms with Gasteiger partial charge in [-0.05, 0) is 33.6 Å². The quantitative estimate of drug-likeness (QED) is 0.773. The van der Waals surface area contributed by atoms with Gasteiger partial charge >= 0.3 is 5.97 Å². The first-order chi connectivity index (χ1) is 8.37. The zero-order valence-corrected chi connectivity index (χ0v) is 11.5. The Hall–Kier alpha value is -1.10. The molecule has 5 nitrogen and oxygen atoms in total. The average Bonchev–Trinajstić information content (AvgIpc) is 2.25. The van der Waals surface area contributed by atoms with Gasteiger partial charge in [0.1, 0.15) is 5.60 Å². The molecule has 0 aliphatic carbocycles. The van der Waals surface area contributed by atoms with Gasteiger partial charge in [-0.3, -0.25) is 9.59 Å². The van der Waals surface area contributed by atoms with Gasteiger partial charge in [-0.2, -0.15) is 0 Å². The van der Waals surface area contributed by atoms with Crippen LogP contribution in [0.15, 0.2) is 0 Å². The first-order valence-electron chi connectivity index (χ1n) is 6.46. The smallest absolute Gasteiger partial charge is 0.306 e. The highest BCUT2D eigenvalue weighted by atomic mass is 16.6. The second-order valence-corrected chi connectivity index (χ2v) is 5.54. The number of ether oxygens (including phenoxy) is 2. The summed E-state index contributed by atoms with van der Waals surface area (Å²) >= 11 is 0. The average molecular weight is 257 g/mol. The van der Waals surface area contributed by atoms with E-state index in [2.05, 4.69) is 5.32 Å². The molecule has 104 valence electrons. The third-order valence-corrected chi connectivity index (χ3v) is 2.56. The summed E-state index contributed by atoms with van der Waals surface area (Å²) in [4.78, 5) is 23.1. The van der Waals surface area contributed by atoms with Crippen LogP contribution in [0.4, 0.5) is 0 Å². The van der Waals surface area contributed by atoms with Crippen LogP contribution in [-0.4, -0.2) is 36.7 Å². The van der Waals surface area contributed by atoms with E-state index in [1.54, 1.807) is 0 Å². The number of amides is 1. The maximum absolute atomic E-state index is 11.6. The summed E-state index contributed by atoms with van der Waals surface area (Å²) in [5.41, 5.74) is -0.492. The summed E-state index contributed by atoms with van der Waals surface area (Å²) < 4.78 is 10.3. The molecule has 1 rings (SSSR count). The van der Waals surface area contributed by atoms with Crippen molar-refractivity contribution in [1.82, 2.24) is 5.32 Å². The molecule has 1 heterocycles. The number of nitrogens with one attached hydrogen (secondary N) is 1. The zero-order valence-electron chi connectivity index (χ0n) is 11.5. The topological polar surface area (TPSA) is 64.6 Å². The molecule has 0 atom stereocenters. The molecule has 0 aromatic rings. The molecule has 1 aliphatic rings. The molecule has 0 radical (unpaired) electrons. The monoisotopic (exact) mass is 257 g/mol. The van der Waals surface area contributed by atoms with Crippen molar-refractivity contribution in [2.24, 2.45) is 0 Å². The number of esters is 1. The molecule has 0 spiro atoms. The van der Waals surface area contributed by atoms with Crippen molar-refractivity contribution >= 4 is 11.9 Å². The van der Waals surface area contributed by atoms with Crippen LogP contribution in [0.1, 0.15) is 46.5 Å². The predicted molar refractivity (Wildman–Crippen MR) is 67.1 cm³/mol. The van der Waals surface area contributed by atoms with Crippen LogP contribution in [-0.2, 0) is 19.1 Å². The number of hydrogen-bond donors (Lipinski definition) is 1. The Balaban J connectivity index is 2.18. The fourth-order valence-electron chi connectivity index (χ4n) is 1.75. The molecule has 0 saturated carbocycles. The minimum atomic E-state index is -0.492. The Morgan fingerprint density at radius 3 is 2.39 bits per heavy atom. The van der Waals surface area contributed by atoms with Crippen LogP contribution in [0, 0.1) is 0 Å². The first kappa shape index (κ1) is 15.0. The molecule has 18 heavy (non-hydrogen) atoms. The van der Waals surface area contributed by atoms with Gasteiger partial charge in [0.15, 0.2) is 0 Å². The van der Waals surface area contributed by atoms with Gasteiger partial charge in [0, 0.05) is 25.7 Å². The SMILES string of the molecule is CC(C)(C)OC(=O)CCC(=O)NC1CCOCC1. The lowest BCUT2D eigenvalue weighted by Gasteiger charge is -2.23. The number of carbonyl (C=O) groups is 2. The Morgan fingerprint density at radius 1 is 1.22 bits per heavy atom. The maximum Gasteiger partial charge on any atom is 0.306 e. The van der Waals surface area contributed by atoms with E-state index in [9.17, 15) is 9.59 Å². The summed E-state index contributed by atoms with van der Waals surface area (Å²) in [6.45, 7) is 6.82. The van der Waals surface area contributed by atoms with Crippen molar-refractivity contribution in [3.05, 3.63) is 0 Å². The summed E-state index contributed by atoms with van der Waals surface area (Å²) in [6.07, 6.45) is 2.01. The van der Waals surface area contributed by atoms with Crippen molar-refractivity contribution < 1.29 is 19.1 Å². The van der Waals surface area contributed by atoms with Crippen LogP contribution in [0.3, 0.4) is 0 Å². The Labute approximate surface area is 108 Å². The zero-order chi connectivity index (χ0) is 13.6. The molecule has 0 aromatic heterocycles. The lowest BCUT2D eigenvalue weighted by atomic mass is 10.1. The van der Waals surface area contributed by atoms with Crippen LogP contribution < -0.4 is 5.32 Å². The highest BCUT2D eigenvalue weighted by molar-refractivity contribution is 5.81. The Kier molecular flexibility index (Phi) is 5.59. The van der Waals surface area contributed by atoms with E-state index < -0.39 is 5.60 Å². The lowest BCUT2D eigenvalue weighted by molar-refractivity contribution is -0.155. The van der Waals surface area contributed by atoms with Gasteiger partial charge < -0.3 is 14.8 Å². The summed E-state index contributed by atoms with van der Waals surface area (Å²) in [5.74, 6) is -0.419. The number of rotatable bonds is 4. The fraction of sp³-hybridized carbons (Fsp3) is 0.846. The second-order valence-electron chi connectivity index (χ2n) is 5.54. The van der Waals surface area contributed by atoms with Crippen LogP contribution in [0.5, 0.6) is 0 Å². The predicted octanol–water partition coefficient (Wildman–Crippen LogP) is 1.40. The molecule has 1 saturated heterocycles. The molecule has 0 unspecified atom stereocenters. The summed E-state index contributed by atoms with van der Waals surface area (Å²) in [5, 5.41) is 2.91. The molecule has 5 heteroatoms. The van der Waals surface area contributed by atoms with Crippen LogP contribution in [0.2, 0.25) is 0 Å². The highest BCUT2D eigenvalue weighted by Gasteiger charge is 2.19. The fourth-order valence-corrected chi connectivity index (χ4v) is 1.75. The van der Waals surface area contributed by atoms with Crippen molar-refractivity contribution in [3.8, 4) is 0 Å². The molecular weight excluding hydrogens is 234 g/mol. The highest BCUT2D eigenvalue weighted by Crippen LogP contribution is 2.10.